The molecule has 0 spiro atoms. The number of ether oxygens (including phenoxy) is 1. The van der Waals surface area contributed by atoms with Crippen molar-refractivity contribution in [3.8, 4) is 5.75 Å². The van der Waals surface area contributed by atoms with Gasteiger partial charge in [-0.05, 0) is 56.3 Å². The molecule has 2 aliphatic carbocycles. The Labute approximate surface area is 151 Å². The zero-order valence-corrected chi connectivity index (χ0v) is 15.2. The molecule has 4 rings (SSSR count). The topological polar surface area (TPSA) is 76.1 Å². The van der Waals surface area contributed by atoms with Crippen molar-refractivity contribution in [2.45, 2.75) is 38.1 Å². The van der Waals surface area contributed by atoms with Crippen molar-refractivity contribution in [2.24, 2.45) is 5.92 Å². The second-order valence-corrected chi connectivity index (χ2v) is 8.02. The van der Waals surface area contributed by atoms with Gasteiger partial charge in [0, 0.05) is 12.0 Å². The van der Waals surface area contributed by atoms with Gasteiger partial charge in [0.25, 0.3) is 5.91 Å². The van der Waals surface area contributed by atoms with Crippen molar-refractivity contribution >= 4 is 22.4 Å². The normalized spacial score (nSPS) is 21.8. The lowest BCUT2D eigenvalue weighted by Gasteiger charge is -2.10. The summed E-state index contributed by atoms with van der Waals surface area (Å²) in [4.78, 5) is 12.6. The number of nitrogens with one attached hydrogen (secondary N) is 2. The average Bonchev–Trinajstić information content (AvgIpc) is 3.52. The summed E-state index contributed by atoms with van der Waals surface area (Å²) in [5.74, 6) is 1.73. The SMILES string of the molecule is COc1ccc(C2CC2NCC2CC2)cc1C(=O)Nc1nnc(C)s1. The number of carbonyl (C=O) groups is 1. The van der Waals surface area contributed by atoms with Gasteiger partial charge >= 0.3 is 0 Å². The van der Waals surface area contributed by atoms with Gasteiger partial charge in [-0.1, -0.05) is 17.4 Å². The van der Waals surface area contributed by atoms with Gasteiger partial charge in [-0.25, -0.2) is 0 Å². The van der Waals surface area contributed by atoms with Crippen LogP contribution in [0, 0.1) is 12.8 Å². The number of anilines is 1. The summed E-state index contributed by atoms with van der Waals surface area (Å²) in [5.41, 5.74) is 1.73. The monoisotopic (exact) mass is 358 g/mol. The van der Waals surface area contributed by atoms with E-state index in [1.54, 1.807) is 7.11 Å². The van der Waals surface area contributed by atoms with E-state index in [9.17, 15) is 4.79 Å². The zero-order chi connectivity index (χ0) is 17.4. The summed E-state index contributed by atoms with van der Waals surface area (Å²) in [7, 11) is 1.58. The smallest absolute Gasteiger partial charge is 0.261 e. The standard InChI is InChI=1S/C18H22N4O2S/c1-10-21-22-18(25-10)20-17(23)14-7-12(5-6-16(14)24-2)13-8-15(13)19-9-11-3-4-11/h5-7,11,13,15,19H,3-4,8-9H2,1-2H3,(H,20,22,23). The second kappa shape index (κ2) is 6.72. The van der Waals surface area contributed by atoms with E-state index in [-0.39, 0.29) is 5.91 Å². The van der Waals surface area contributed by atoms with Gasteiger partial charge in [-0.15, -0.1) is 10.2 Å². The molecule has 1 amide bonds. The Morgan fingerprint density at radius 2 is 2.20 bits per heavy atom. The molecule has 1 aromatic carbocycles. The summed E-state index contributed by atoms with van der Waals surface area (Å²) in [5, 5.41) is 15.6. The molecular formula is C18H22N4O2S. The molecule has 1 heterocycles. The van der Waals surface area contributed by atoms with E-state index in [1.165, 1.54) is 29.7 Å². The number of aromatic nitrogens is 2. The van der Waals surface area contributed by atoms with Crippen LogP contribution in [0.1, 0.15) is 46.1 Å². The maximum atomic E-state index is 12.6. The fraction of sp³-hybridized carbons (Fsp3) is 0.500. The third-order valence-corrected chi connectivity index (χ3v) is 5.55. The molecule has 6 nitrogen and oxygen atoms in total. The van der Waals surface area contributed by atoms with Gasteiger partial charge in [-0.3, -0.25) is 10.1 Å². The van der Waals surface area contributed by atoms with Crippen LogP contribution >= 0.6 is 11.3 Å². The minimum absolute atomic E-state index is 0.210. The van der Waals surface area contributed by atoms with Crippen LogP contribution < -0.4 is 15.4 Å². The van der Waals surface area contributed by atoms with Crippen molar-refractivity contribution in [1.82, 2.24) is 15.5 Å². The minimum Gasteiger partial charge on any atom is -0.496 e. The third-order valence-electron chi connectivity index (χ3n) is 4.80. The highest BCUT2D eigenvalue weighted by atomic mass is 32.1. The van der Waals surface area contributed by atoms with Crippen molar-refractivity contribution in [3.63, 3.8) is 0 Å². The molecule has 1 aromatic heterocycles. The van der Waals surface area contributed by atoms with Crippen LogP contribution in [-0.2, 0) is 0 Å². The molecule has 7 heteroatoms. The number of hydrogen-bond acceptors (Lipinski definition) is 6. The van der Waals surface area contributed by atoms with Gasteiger partial charge < -0.3 is 10.1 Å². The Bertz CT molecular complexity index is 787. The molecule has 2 aromatic rings. The molecular weight excluding hydrogens is 336 g/mol. The van der Waals surface area contributed by atoms with Crippen LogP contribution in [-0.4, -0.2) is 35.8 Å². The number of nitrogens with zero attached hydrogens (tertiary/aromatic N) is 2. The molecule has 2 unspecified atom stereocenters. The Hall–Kier alpha value is -1.99. The molecule has 2 saturated carbocycles. The molecule has 0 bridgehead atoms. The van der Waals surface area contributed by atoms with Crippen molar-refractivity contribution in [2.75, 3.05) is 19.0 Å². The molecule has 0 aliphatic heterocycles. The third kappa shape index (κ3) is 3.82. The van der Waals surface area contributed by atoms with Gasteiger partial charge in [0.05, 0.1) is 12.7 Å². The number of aryl methyl sites for hydroxylation is 1. The fourth-order valence-electron chi connectivity index (χ4n) is 3.07. The van der Waals surface area contributed by atoms with Crippen molar-refractivity contribution in [1.29, 1.82) is 0 Å². The molecule has 2 fully saturated rings. The fourth-order valence-corrected chi connectivity index (χ4v) is 3.66. The maximum absolute atomic E-state index is 12.6. The van der Waals surface area contributed by atoms with E-state index >= 15 is 0 Å². The second-order valence-electron chi connectivity index (χ2n) is 6.84. The Balaban J connectivity index is 1.47. The Morgan fingerprint density at radius 1 is 1.36 bits per heavy atom. The first kappa shape index (κ1) is 16.5. The summed E-state index contributed by atoms with van der Waals surface area (Å²) in [6.45, 7) is 2.98. The molecule has 132 valence electrons. The first-order chi connectivity index (χ1) is 12.1. The van der Waals surface area contributed by atoms with E-state index in [2.05, 4.69) is 26.9 Å². The lowest BCUT2D eigenvalue weighted by Crippen LogP contribution is -2.20. The number of benzene rings is 1. The number of rotatable bonds is 7. The maximum Gasteiger partial charge on any atom is 0.261 e. The van der Waals surface area contributed by atoms with Crippen molar-refractivity contribution in [3.05, 3.63) is 34.3 Å². The number of carbonyl (C=O) groups excluding carboxylic acids is 1. The van der Waals surface area contributed by atoms with Gasteiger partial charge in [0.15, 0.2) is 0 Å². The zero-order valence-electron chi connectivity index (χ0n) is 14.4. The molecule has 2 aliphatic rings. The summed E-state index contributed by atoms with van der Waals surface area (Å²) in [6, 6.07) is 6.43. The van der Waals surface area contributed by atoms with E-state index in [0.717, 1.165) is 23.9 Å². The van der Waals surface area contributed by atoms with Crippen LogP contribution in [0.3, 0.4) is 0 Å². The minimum atomic E-state index is -0.210. The molecule has 2 atom stereocenters. The van der Waals surface area contributed by atoms with Crippen LogP contribution in [0.15, 0.2) is 18.2 Å². The number of hydrogen-bond donors (Lipinski definition) is 2. The largest absolute Gasteiger partial charge is 0.496 e. The highest BCUT2D eigenvalue weighted by Crippen LogP contribution is 2.42. The lowest BCUT2D eigenvalue weighted by atomic mass is 10.0. The first-order valence-electron chi connectivity index (χ1n) is 8.67. The highest BCUT2D eigenvalue weighted by Gasteiger charge is 2.39. The van der Waals surface area contributed by atoms with Gasteiger partial charge in [0.1, 0.15) is 10.8 Å². The summed E-state index contributed by atoms with van der Waals surface area (Å²) in [6.07, 6.45) is 3.86. The Morgan fingerprint density at radius 3 is 2.88 bits per heavy atom. The van der Waals surface area contributed by atoms with Crippen LogP contribution in [0.25, 0.3) is 0 Å². The van der Waals surface area contributed by atoms with E-state index in [4.69, 9.17) is 4.74 Å². The Kier molecular flexibility index (Phi) is 4.43. The highest BCUT2D eigenvalue weighted by molar-refractivity contribution is 7.15. The van der Waals surface area contributed by atoms with E-state index in [0.29, 0.717) is 28.4 Å². The van der Waals surface area contributed by atoms with E-state index in [1.807, 2.05) is 19.1 Å². The summed E-state index contributed by atoms with van der Waals surface area (Å²) >= 11 is 1.36. The number of methoxy groups -OCH3 is 1. The van der Waals surface area contributed by atoms with Crippen LogP contribution in [0.5, 0.6) is 5.75 Å². The average molecular weight is 358 g/mol. The van der Waals surface area contributed by atoms with Crippen LogP contribution in [0.2, 0.25) is 0 Å². The molecule has 2 N–H and O–H groups in total. The lowest BCUT2D eigenvalue weighted by molar-refractivity contribution is 0.102. The van der Waals surface area contributed by atoms with E-state index < -0.39 is 0 Å². The molecule has 25 heavy (non-hydrogen) atoms. The van der Waals surface area contributed by atoms with Gasteiger partial charge in [-0.2, -0.15) is 0 Å². The van der Waals surface area contributed by atoms with Crippen LogP contribution in [0.4, 0.5) is 5.13 Å². The first-order valence-corrected chi connectivity index (χ1v) is 9.48. The number of amides is 1. The quantitative estimate of drug-likeness (QED) is 0.796. The molecule has 0 saturated heterocycles. The van der Waals surface area contributed by atoms with Crippen molar-refractivity contribution < 1.29 is 9.53 Å². The van der Waals surface area contributed by atoms with Gasteiger partial charge in [0.2, 0.25) is 5.13 Å². The summed E-state index contributed by atoms with van der Waals surface area (Å²) < 4.78 is 5.37. The molecule has 0 radical (unpaired) electrons. The predicted molar refractivity (Wildman–Crippen MR) is 97.5 cm³/mol. The predicted octanol–water partition coefficient (Wildman–Crippen LogP) is 2.96.